The third-order valence-electron chi connectivity index (χ3n) is 2.70. The minimum atomic E-state index is -3.18. The quantitative estimate of drug-likeness (QED) is 0.577. The van der Waals surface area contributed by atoms with E-state index in [0.717, 1.165) is 9.47 Å². The summed E-state index contributed by atoms with van der Waals surface area (Å²) in [6.07, 6.45) is 0.592. The first-order valence-electron chi connectivity index (χ1n) is 6.98. The van der Waals surface area contributed by atoms with E-state index in [4.69, 9.17) is 0 Å². The topological polar surface area (TPSA) is 72.0 Å². The Morgan fingerprint density at radius 2 is 1.95 bits per heavy atom. The molecule has 2 aromatic rings. The van der Waals surface area contributed by atoms with E-state index in [2.05, 4.69) is 15.5 Å². The van der Waals surface area contributed by atoms with Crippen LogP contribution in [0.4, 0.5) is 5.13 Å². The van der Waals surface area contributed by atoms with Crippen LogP contribution < -0.4 is 5.32 Å². The van der Waals surface area contributed by atoms with Gasteiger partial charge in [0.2, 0.25) is 5.13 Å². The molecule has 1 aromatic heterocycles. The summed E-state index contributed by atoms with van der Waals surface area (Å²) in [6.45, 7) is 4.09. The standard InChI is InChI=1S/C14H19N3O2S3/c1-11(2)15-13-16-17-14(21-13)20-9-6-10-22(18,19)12-7-4-3-5-8-12/h3-5,7-8,11H,6,9-10H2,1-2H3,(H,15,16). The van der Waals surface area contributed by atoms with Gasteiger partial charge in [-0.1, -0.05) is 41.3 Å². The fraction of sp³-hybridized carbons (Fsp3) is 0.429. The molecule has 0 fully saturated rings. The summed E-state index contributed by atoms with van der Waals surface area (Å²) in [5, 5.41) is 12.1. The van der Waals surface area contributed by atoms with E-state index in [1.165, 1.54) is 11.3 Å². The van der Waals surface area contributed by atoms with Crippen molar-refractivity contribution < 1.29 is 8.42 Å². The minimum Gasteiger partial charge on any atom is -0.358 e. The van der Waals surface area contributed by atoms with Crippen LogP contribution in [0.3, 0.4) is 0 Å². The normalized spacial score (nSPS) is 11.8. The zero-order valence-corrected chi connectivity index (χ0v) is 15.0. The Morgan fingerprint density at radius 1 is 1.23 bits per heavy atom. The Bertz CT molecular complexity index is 684. The molecule has 0 bridgehead atoms. The van der Waals surface area contributed by atoms with Gasteiger partial charge in [-0.15, -0.1) is 10.2 Å². The first kappa shape index (κ1) is 17.2. The van der Waals surface area contributed by atoms with E-state index in [-0.39, 0.29) is 5.75 Å². The molecular weight excluding hydrogens is 338 g/mol. The predicted octanol–water partition coefficient (Wildman–Crippen LogP) is 3.31. The highest BCUT2D eigenvalue weighted by Crippen LogP contribution is 2.26. The van der Waals surface area contributed by atoms with E-state index >= 15 is 0 Å². The van der Waals surface area contributed by atoms with Crippen LogP contribution in [0.25, 0.3) is 0 Å². The molecule has 8 heteroatoms. The molecule has 0 amide bonds. The number of hydrogen-bond donors (Lipinski definition) is 1. The second kappa shape index (κ2) is 7.94. The highest BCUT2D eigenvalue weighted by atomic mass is 32.2. The average Bonchev–Trinajstić information content (AvgIpc) is 2.91. The largest absolute Gasteiger partial charge is 0.358 e. The smallest absolute Gasteiger partial charge is 0.206 e. The van der Waals surface area contributed by atoms with Gasteiger partial charge in [0.1, 0.15) is 0 Å². The van der Waals surface area contributed by atoms with Crippen molar-refractivity contribution in [3.05, 3.63) is 30.3 Å². The maximum Gasteiger partial charge on any atom is 0.206 e. The van der Waals surface area contributed by atoms with E-state index < -0.39 is 9.84 Å². The first-order chi connectivity index (χ1) is 10.5. The molecule has 0 aliphatic carbocycles. The van der Waals surface area contributed by atoms with Crippen molar-refractivity contribution in [3.63, 3.8) is 0 Å². The van der Waals surface area contributed by atoms with Crippen molar-refractivity contribution in [2.75, 3.05) is 16.8 Å². The lowest BCUT2D eigenvalue weighted by atomic mass is 10.4. The van der Waals surface area contributed by atoms with Gasteiger partial charge in [-0.2, -0.15) is 0 Å². The first-order valence-corrected chi connectivity index (χ1v) is 10.4. The molecule has 1 heterocycles. The number of hydrogen-bond acceptors (Lipinski definition) is 7. The number of sulfone groups is 1. The van der Waals surface area contributed by atoms with Crippen molar-refractivity contribution in [1.29, 1.82) is 0 Å². The van der Waals surface area contributed by atoms with Crippen LogP contribution in [0.15, 0.2) is 39.6 Å². The third-order valence-corrected chi connectivity index (χ3v) is 6.59. The van der Waals surface area contributed by atoms with Crippen molar-refractivity contribution in [3.8, 4) is 0 Å². The van der Waals surface area contributed by atoms with Gasteiger partial charge < -0.3 is 5.32 Å². The van der Waals surface area contributed by atoms with Crippen molar-refractivity contribution in [1.82, 2.24) is 10.2 Å². The fourth-order valence-electron chi connectivity index (χ4n) is 1.73. The highest BCUT2D eigenvalue weighted by Gasteiger charge is 2.13. The molecule has 2 rings (SSSR count). The van der Waals surface area contributed by atoms with E-state index in [1.807, 2.05) is 19.9 Å². The van der Waals surface area contributed by atoms with Crippen LogP contribution in [0.1, 0.15) is 20.3 Å². The molecule has 5 nitrogen and oxygen atoms in total. The maximum absolute atomic E-state index is 12.1. The summed E-state index contributed by atoms with van der Waals surface area (Å²) in [5.74, 6) is 0.863. The molecule has 1 N–H and O–H groups in total. The summed E-state index contributed by atoms with van der Waals surface area (Å²) in [6, 6.07) is 8.89. The molecule has 0 unspecified atom stereocenters. The predicted molar refractivity (Wildman–Crippen MR) is 92.5 cm³/mol. The second-order valence-electron chi connectivity index (χ2n) is 5.01. The van der Waals surface area contributed by atoms with E-state index in [1.54, 1.807) is 36.0 Å². The van der Waals surface area contributed by atoms with Gasteiger partial charge in [-0.25, -0.2) is 8.42 Å². The van der Waals surface area contributed by atoms with Gasteiger partial charge in [-0.3, -0.25) is 0 Å². The molecule has 120 valence electrons. The third kappa shape index (κ3) is 5.26. The Balaban J connectivity index is 1.78. The molecule has 0 saturated heterocycles. The van der Waals surface area contributed by atoms with E-state index in [0.29, 0.717) is 23.1 Å². The second-order valence-corrected chi connectivity index (χ2v) is 9.43. The van der Waals surface area contributed by atoms with E-state index in [9.17, 15) is 8.42 Å². The molecular formula is C14H19N3O2S3. The average molecular weight is 358 g/mol. The Labute approximate surface area is 139 Å². The lowest BCUT2D eigenvalue weighted by Gasteiger charge is -2.03. The number of anilines is 1. The Hall–Kier alpha value is -1.12. The van der Waals surface area contributed by atoms with Gasteiger partial charge in [-0.05, 0) is 32.4 Å². The lowest BCUT2D eigenvalue weighted by Crippen LogP contribution is -2.08. The van der Waals surface area contributed by atoms with Crippen LogP contribution in [0.5, 0.6) is 0 Å². The number of nitrogens with zero attached hydrogens (tertiary/aromatic N) is 2. The number of nitrogens with one attached hydrogen (secondary N) is 1. The van der Waals surface area contributed by atoms with Crippen LogP contribution in [-0.2, 0) is 9.84 Å². The minimum absolute atomic E-state index is 0.153. The van der Waals surface area contributed by atoms with Crippen LogP contribution in [0, 0.1) is 0 Å². The molecule has 1 aromatic carbocycles. The summed E-state index contributed by atoms with van der Waals surface area (Å²) in [7, 11) is -3.18. The summed E-state index contributed by atoms with van der Waals surface area (Å²) < 4.78 is 25.1. The van der Waals surface area contributed by atoms with Gasteiger partial charge in [0.05, 0.1) is 10.6 Å². The molecule has 0 spiro atoms. The van der Waals surface area contributed by atoms with Gasteiger partial charge >= 0.3 is 0 Å². The maximum atomic E-state index is 12.1. The number of benzene rings is 1. The SMILES string of the molecule is CC(C)Nc1nnc(SCCCS(=O)(=O)c2ccccc2)s1. The van der Waals surface area contributed by atoms with Crippen LogP contribution in [-0.4, -0.2) is 36.2 Å². The number of rotatable bonds is 8. The zero-order chi connectivity index (χ0) is 16.0. The fourth-order valence-corrected chi connectivity index (χ4v) is 5.15. The van der Waals surface area contributed by atoms with Crippen LogP contribution in [0.2, 0.25) is 0 Å². The molecule has 0 radical (unpaired) electrons. The Kier molecular flexibility index (Phi) is 6.22. The van der Waals surface area contributed by atoms with Crippen LogP contribution >= 0.6 is 23.1 Å². The monoisotopic (exact) mass is 357 g/mol. The number of aromatic nitrogens is 2. The van der Waals surface area contributed by atoms with Gasteiger partial charge in [0, 0.05) is 11.8 Å². The molecule has 0 atom stereocenters. The van der Waals surface area contributed by atoms with Gasteiger partial charge in [0.15, 0.2) is 14.2 Å². The molecule has 0 aliphatic rings. The molecule has 22 heavy (non-hydrogen) atoms. The zero-order valence-electron chi connectivity index (χ0n) is 12.5. The summed E-state index contributed by atoms with van der Waals surface area (Å²) in [5.41, 5.74) is 0. The summed E-state index contributed by atoms with van der Waals surface area (Å²) >= 11 is 3.04. The summed E-state index contributed by atoms with van der Waals surface area (Å²) in [4.78, 5) is 0.388. The molecule has 0 aliphatic heterocycles. The van der Waals surface area contributed by atoms with Crippen molar-refractivity contribution in [2.45, 2.75) is 35.5 Å². The van der Waals surface area contributed by atoms with Gasteiger partial charge in [0.25, 0.3) is 0 Å². The lowest BCUT2D eigenvalue weighted by molar-refractivity contribution is 0.595. The number of thioether (sulfide) groups is 1. The Morgan fingerprint density at radius 3 is 2.64 bits per heavy atom. The molecule has 0 saturated carbocycles. The van der Waals surface area contributed by atoms with Crippen molar-refractivity contribution >= 4 is 38.1 Å². The highest BCUT2D eigenvalue weighted by molar-refractivity contribution is 8.01. The van der Waals surface area contributed by atoms with Crippen molar-refractivity contribution in [2.24, 2.45) is 0 Å².